The molecule has 0 saturated carbocycles. The van der Waals surface area contributed by atoms with Crippen LogP contribution >= 0.6 is 0 Å². The summed E-state index contributed by atoms with van der Waals surface area (Å²) in [5.41, 5.74) is 0. The van der Waals surface area contributed by atoms with Crippen LogP contribution in [0, 0.1) is 0 Å². The summed E-state index contributed by atoms with van der Waals surface area (Å²) >= 11 is 0. The summed E-state index contributed by atoms with van der Waals surface area (Å²) in [6, 6.07) is 0. The van der Waals surface area contributed by atoms with E-state index >= 15 is 0 Å². The second-order valence-corrected chi connectivity index (χ2v) is 1.95. The predicted molar refractivity (Wildman–Crippen MR) is 37.8 cm³/mol. The van der Waals surface area contributed by atoms with E-state index in [1.165, 1.54) is 0 Å². The molecule has 3 nitrogen and oxygen atoms in total. The lowest BCUT2D eigenvalue weighted by molar-refractivity contribution is -0.222. The van der Waals surface area contributed by atoms with Gasteiger partial charge in [-0.2, -0.15) is 0 Å². The lowest BCUT2D eigenvalue weighted by Crippen LogP contribution is -2.13. The molecule has 58 valence electrons. The molecule has 1 N–H and O–H groups in total. The highest BCUT2D eigenvalue weighted by Gasteiger charge is 2.02. The van der Waals surface area contributed by atoms with Gasteiger partial charge < -0.3 is 14.6 Å². The van der Waals surface area contributed by atoms with Gasteiger partial charge in [0.15, 0.2) is 0 Å². The van der Waals surface area contributed by atoms with Crippen LogP contribution in [0.5, 0.6) is 0 Å². The SMILES string of the molecule is C=C(C)OC(O)OC(=C)C. The van der Waals surface area contributed by atoms with Gasteiger partial charge in [0, 0.05) is 0 Å². The van der Waals surface area contributed by atoms with Gasteiger partial charge in [0.1, 0.15) is 0 Å². The van der Waals surface area contributed by atoms with Gasteiger partial charge in [0.05, 0.1) is 11.5 Å². The first-order valence-corrected chi connectivity index (χ1v) is 2.84. The van der Waals surface area contributed by atoms with E-state index in [1.807, 2.05) is 0 Å². The third-order valence-corrected chi connectivity index (χ3v) is 0.604. The predicted octanol–water partition coefficient (Wildman–Crippen LogP) is 1.36. The second-order valence-electron chi connectivity index (χ2n) is 1.95. The summed E-state index contributed by atoms with van der Waals surface area (Å²) in [5, 5.41) is 8.82. The largest absolute Gasteiger partial charge is 0.438 e. The number of ether oxygens (including phenoxy) is 2. The van der Waals surface area contributed by atoms with E-state index in [0.29, 0.717) is 11.5 Å². The third-order valence-electron chi connectivity index (χ3n) is 0.604. The first-order chi connectivity index (χ1) is 4.52. The van der Waals surface area contributed by atoms with E-state index in [1.54, 1.807) is 13.8 Å². The Morgan fingerprint density at radius 1 is 1.20 bits per heavy atom. The maximum absolute atomic E-state index is 8.82. The summed E-state index contributed by atoms with van der Waals surface area (Å²) in [5.74, 6) is 0.794. The minimum Gasteiger partial charge on any atom is -0.438 e. The van der Waals surface area contributed by atoms with Crippen molar-refractivity contribution in [3.8, 4) is 0 Å². The van der Waals surface area contributed by atoms with E-state index in [2.05, 4.69) is 22.6 Å². The van der Waals surface area contributed by atoms with Crippen molar-refractivity contribution >= 4 is 0 Å². The first kappa shape index (κ1) is 9.04. The number of allylic oxidation sites excluding steroid dienone is 2. The van der Waals surface area contributed by atoms with E-state index in [0.717, 1.165) is 0 Å². The van der Waals surface area contributed by atoms with Crippen molar-refractivity contribution in [1.82, 2.24) is 0 Å². The summed E-state index contributed by atoms with van der Waals surface area (Å²) in [6.45, 7) is 8.77. The highest BCUT2D eigenvalue weighted by atomic mass is 16.8. The van der Waals surface area contributed by atoms with Crippen LogP contribution in [0.25, 0.3) is 0 Å². The van der Waals surface area contributed by atoms with Crippen molar-refractivity contribution in [2.24, 2.45) is 0 Å². The number of hydrogen-bond acceptors (Lipinski definition) is 3. The van der Waals surface area contributed by atoms with Crippen molar-refractivity contribution in [3.63, 3.8) is 0 Å². The monoisotopic (exact) mass is 144 g/mol. The fraction of sp³-hybridized carbons (Fsp3) is 0.429. The Kier molecular flexibility index (Phi) is 3.57. The summed E-state index contributed by atoms with van der Waals surface area (Å²) in [6.07, 6.45) is 0. The summed E-state index contributed by atoms with van der Waals surface area (Å²) < 4.78 is 9.28. The molecule has 0 bridgehead atoms. The van der Waals surface area contributed by atoms with Gasteiger partial charge in [-0.1, -0.05) is 13.2 Å². The molecule has 0 saturated heterocycles. The molecule has 0 amide bonds. The number of aliphatic hydroxyl groups excluding tert-OH is 1. The van der Waals surface area contributed by atoms with Crippen molar-refractivity contribution in [2.45, 2.75) is 20.3 Å². The summed E-state index contributed by atoms with van der Waals surface area (Å²) in [7, 11) is 0. The van der Waals surface area contributed by atoms with Crippen molar-refractivity contribution in [1.29, 1.82) is 0 Å². The average Bonchev–Trinajstić information content (AvgIpc) is 1.58. The van der Waals surface area contributed by atoms with Crippen LogP contribution in [0.2, 0.25) is 0 Å². The van der Waals surface area contributed by atoms with Crippen LogP contribution in [0.4, 0.5) is 0 Å². The Morgan fingerprint density at radius 3 is 1.70 bits per heavy atom. The first-order valence-electron chi connectivity index (χ1n) is 2.84. The number of hydrogen-bond donors (Lipinski definition) is 1. The molecule has 0 radical (unpaired) electrons. The van der Waals surface area contributed by atoms with Crippen LogP contribution in [0.1, 0.15) is 13.8 Å². The molecule has 0 aromatic carbocycles. The molecule has 0 unspecified atom stereocenters. The van der Waals surface area contributed by atoms with Crippen LogP contribution in [-0.4, -0.2) is 11.6 Å². The van der Waals surface area contributed by atoms with Gasteiger partial charge in [-0.05, 0) is 13.8 Å². The lowest BCUT2D eigenvalue weighted by atomic mass is 10.6. The Labute approximate surface area is 60.6 Å². The zero-order chi connectivity index (χ0) is 8.15. The molecular formula is C7H12O3. The quantitative estimate of drug-likeness (QED) is 0.478. The van der Waals surface area contributed by atoms with Crippen LogP contribution in [0.3, 0.4) is 0 Å². The molecule has 10 heavy (non-hydrogen) atoms. The van der Waals surface area contributed by atoms with E-state index in [-0.39, 0.29) is 0 Å². The number of rotatable bonds is 4. The minimum absolute atomic E-state index is 0.397. The fourth-order valence-electron chi connectivity index (χ4n) is 0.368. The molecule has 0 heterocycles. The van der Waals surface area contributed by atoms with Crippen molar-refractivity contribution < 1.29 is 14.6 Å². The highest BCUT2D eigenvalue weighted by Crippen LogP contribution is 2.01. The second kappa shape index (κ2) is 3.95. The Bertz CT molecular complexity index is 124. The molecule has 0 spiro atoms. The van der Waals surface area contributed by atoms with E-state index in [4.69, 9.17) is 5.11 Å². The third kappa shape index (κ3) is 5.18. The molecule has 0 aliphatic rings. The molecule has 0 aliphatic heterocycles. The van der Waals surface area contributed by atoms with E-state index < -0.39 is 6.48 Å². The summed E-state index contributed by atoms with van der Waals surface area (Å²) in [4.78, 5) is 0. The average molecular weight is 144 g/mol. The standard InChI is InChI=1S/C7H12O3/c1-5(2)9-7(8)10-6(3)4/h7-8H,1,3H2,2,4H3. The fourth-order valence-corrected chi connectivity index (χ4v) is 0.368. The molecule has 3 heteroatoms. The smallest absolute Gasteiger partial charge is 0.357 e. The maximum Gasteiger partial charge on any atom is 0.357 e. The molecule has 0 rings (SSSR count). The van der Waals surface area contributed by atoms with Crippen LogP contribution in [-0.2, 0) is 9.47 Å². The maximum atomic E-state index is 8.82. The Morgan fingerprint density at radius 2 is 1.50 bits per heavy atom. The normalized spacial score (nSPS) is 9.20. The van der Waals surface area contributed by atoms with Gasteiger partial charge in [-0.15, -0.1) is 0 Å². The zero-order valence-electron chi connectivity index (χ0n) is 6.26. The molecule has 0 aliphatic carbocycles. The molecule has 0 aromatic heterocycles. The molecule has 0 atom stereocenters. The highest BCUT2D eigenvalue weighted by molar-refractivity contribution is 4.76. The zero-order valence-corrected chi connectivity index (χ0v) is 6.26. The van der Waals surface area contributed by atoms with Gasteiger partial charge in [0.25, 0.3) is 0 Å². The van der Waals surface area contributed by atoms with Crippen molar-refractivity contribution in [2.75, 3.05) is 0 Å². The van der Waals surface area contributed by atoms with Crippen LogP contribution < -0.4 is 0 Å². The van der Waals surface area contributed by atoms with Crippen molar-refractivity contribution in [3.05, 3.63) is 24.7 Å². The lowest BCUT2D eigenvalue weighted by Gasteiger charge is -2.13. The molecular weight excluding hydrogens is 132 g/mol. The van der Waals surface area contributed by atoms with Crippen LogP contribution in [0.15, 0.2) is 24.7 Å². The van der Waals surface area contributed by atoms with Gasteiger partial charge in [-0.25, -0.2) is 0 Å². The Hall–Kier alpha value is -0.960. The van der Waals surface area contributed by atoms with Gasteiger partial charge in [-0.3, -0.25) is 0 Å². The minimum atomic E-state index is -1.28. The van der Waals surface area contributed by atoms with Gasteiger partial charge in [0.2, 0.25) is 0 Å². The topological polar surface area (TPSA) is 38.7 Å². The van der Waals surface area contributed by atoms with Gasteiger partial charge >= 0.3 is 6.48 Å². The van der Waals surface area contributed by atoms with E-state index in [9.17, 15) is 0 Å². The number of aliphatic hydroxyl groups is 1. The Balaban J connectivity index is 3.53. The molecule has 0 aromatic rings. The molecule has 0 fully saturated rings.